The average molecular weight is 385 g/mol. The number of nitrogens with zero attached hydrogens (tertiary/aromatic N) is 1. The highest BCUT2D eigenvalue weighted by atomic mass is 16.5. The molecule has 28 heavy (non-hydrogen) atoms. The lowest BCUT2D eigenvalue weighted by Crippen LogP contribution is -2.34. The molecule has 0 spiro atoms. The normalized spacial score (nSPS) is 10.5. The predicted octanol–water partition coefficient (Wildman–Crippen LogP) is 2.07. The van der Waals surface area contributed by atoms with E-state index in [1.165, 1.54) is 19.4 Å². The van der Waals surface area contributed by atoms with Gasteiger partial charge in [-0.3, -0.25) is 9.59 Å². The number of methoxy groups -OCH3 is 1. The zero-order valence-corrected chi connectivity index (χ0v) is 15.8. The van der Waals surface area contributed by atoms with Crippen LogP contribution in [-0.4, -0.2) is 43.4 Å². The monoisotopic (exact) mass is 385 g/mol. The first-order chi connectivity index (χ1) is 13.5. The summed E-state index contributed by atoms with van der Waals surface area (Å²) in [4.78, 5) is 23.9. The molecule has 0 unspecified atom stereocenters. The first-order valence-corrected chi connectivity index (χ1v) is 8.73. The molecule has 0 radical (unpaired) electrons. The number of nitrogens with one attached hydrogen (secondary N) is 2. The summed E-state index contributed by atoms with van der Waals surface area (Å²) < 4.78 is 10.5. The number of rotatable bonds is 9. The van der Waals surface area contributed by atoms with Crippen molar-refractivity contribution < 1.29 is 24.2 Å². The number of phenolic OH excluding ortho intramolecular Hbond substituents is 1. The van der Waals surface area contributed by atoms with Gasteiger partial charge in [-0.2, -0.15) is 5.10 Å². The molecule has 2 aromatic rings. The van der Waals surface area contributed by atoms with Crippen molar-refractivity contribution >= 4 is 18.0 Å². The van der Waals surface area contributed by atoms with Crippen LogP contribution in [0.4, 0.5) is 0 Å². The Labute approximate surface area is 163 Å². The Morgan fingerprint density at radius 2 is 1.86 bits per heavy atom. The van der Waals surface area contributed by atoms with Crippen molar-refractivity contribution in [1.29, 1.82) is 0 Å². The fourth-order valence-corrected chi connectivity index (χ4v) is 2.16. The molecule has 0 heterocycles. The van der Waals surface area contributed by atoms with Crippen molar-refractivity contribution in [2.45, 2.75) is 13.3 Å². The lowest BCUT2D eigenvalue weighted by Gasteiger charge is -2.07. The van der Waals surface area contributed by atoms with E-state index in [0.717, 1.165) is 6.42 Å². The third-order valence-electron chi connectivity index (χ3n) is 3.63. The van der Waals surface area contributed by atoms with Crippen LogP contribution in [-0.2, 0) is 4.79 Å². The first kappa shape index (κ1) is 20.8. The number of amides is 2. The lowest BCUT2D eigenvalue weighted by atomic mass is 10.2. The second kappa shape index (κ2) is 10.6. The Bertz CT molecular complexity index is 834. The van der Waals surface area contributed by atoms with Crippen molar-refractivity contribution in [1.82, 2.24) is 10.7 Å². The van der Waals surface area contributed by atoms with E-state index in [0.29, 0.717) is 29.2 Å². The lowest BCUT2D eigenvalue weighted by molar-refractivity contribution is -0.120. The number of carbonyl (C=O) groups excluding carboxylic acids is 2. The van der Waals surface area contributed by atoms with E-state index in [4.69, 9.17) is 9.47 Å². The second-order valence-electron chi connectivity index (χ2n) is 5.77. The quantitative estimate of drug-likeness (QED) is 0.452. The van der Waals surface area contributed by atoms with Gasteiger partial charge in [0.15, 0.2) is 0 Å². The molecule has 0 saturated carbocycles. The molecule has 0 saturated heterocycles. The number of ether oxygens (including phenoxy) is 2. The van der Waals surface area contributed by atoms with E-state index >= 15 is 0 Å². The van der Waals surface area contributed by atoms with Crippen LogP contribution in [0.25, 0.3) is 0 Å². The first-order valence-electron chi connectivity index (χ1n) is 8.73. The van der Waals surface area contributed by atoms with E-state index in [-0.39, 0.29) is 18.2 Å². The highest BCUT2D eigenvalue weighted by molar-refractivity contribution is 5.96. The number of hydrogen-bond acceptors (Lipinski definition) is 6. The summed E-state index contributed by atoms with van der Waals surface area (Å²) in [6.45, 7) is 2.38. The van der Waals surface area contributed by atoms with Gasteiger partial charge in [-0.25, -0.2) is 5.43 Å². The van der Waals surface area contributed by atoms with E-state index in [9.17, 15) is 14.7 Å². The summed E-state index contributed by atoms with van der Waals surface area (Å²) in [6, 6.07) is 11.3. The number of hydrazone groups is 1. The van der Waals surface area contributed by atoms with E-state index in [1.807, 2.05) is 6.92 Å². The molecule has 0 aliphatic heterocycles. The maximum atomic E-state index is 12.1. The molecule has 8 heteroatoms. The molecule has 0 aliphatic rings. The molecule has 2 aromatic carbocycles. The van der Waals surface area contributed by atoms with Gasteiger partial charge in [-0.15, -0.1) is 0 Å². The molecule has 0 atom stereocenters. The number of carbonyl (C=O) groups is 2. The SMILES string of the molecule is CCCOc1ccc(C(=O)NCC(=O)NN=Cc2cc(OC)ccc2O)cc1. The number of hydrogen-bond donors (Lipinski definition) is 3. The number of aromatic hydroxyl groups is 1. The highest BCUT2D eigenvalue weighted by Crippen LogP contribution is 2.20. The van der Waals surface area contributed by atoms with Crippen LogP contribution in [0, 0.1) is 0 Å². The minimum Gasteiger partial charge on any atom is -0.507 e. The number of phenols is 1. The highest BCUT2D eigenvalue weighted by Gasteiger charge is 2.08. The number of benzene rings is 2. The third kappa shape index (κ3) is 6.31. The second-order valence-corrected chi connectivity index (χ2v) is 5.77. The van der Waals surface area contributed by atoms with Crippen molar-refractivity contribution in [3.63, 3.8) is 0 Å². The van der Waals surface area contributed by atoms with Crippen molar-refractivity contribution in [3.05, 3.63) is 53.6 Å². The fraction of sp³-hybridized carbons (Fsp3) is 0.250. The Morgan fingerprint density at radius 1 is 1.14 bits per heavy atom. The van der Waals surface area contributed by atoms with Gasteiger partial charge in [0, 0.05) is 11.1 Å². The zero-order valence-electron chi connectivity index (χ0n) is 15.8. The van der Waals surface area contributed by atoms with E-state index in [2.05, 4.69) is 15.8 Å². The molecular formula is C20H23N3O5. The molecule has 0 aromatic heterocycles. The fourth-order valence-electron chi connectivity index (χ4n) is 2.16. The smallest absolute Gasteiger partial charge is 0.259 e. The van der Waals surface area contributed by atoms with Crippen LogP contribution >= 0.6 is 0 Å². The minimum atomic E-state index is -0.505. The summed E-state index contributed by atoms with van der Waals surface area (Å²) in [6.07, 6.45) is 2.18. The van der Waals surface area contributed by atoms with Gasteiger partial charge in [0.25, 0.3) is 11.8 Å². The van der Waals surface area contributed by atoms with Gasteiger partial charge in [0.1, 0.15) is 17.2 Å². The Kier molecular flexibility index (Phi) is 7.83. The van der Waals surface area contributed by atoms with Gasteiger partial charge in [-0.05, 0) is 48.9 Å². The molecule has 8 nitrogen and oxygen atoms in total. The standard InChI is InChI=1S/C20H23N3O5/c1-3-10-28-16-6-4-14(5-7-16)20(26)21-13-19(25)23-22-12-15-11-17(27-2)8-9-18(15)24/h4-9,11-12,24H,3,10,13H2,1-2H3,(H,21,26)(H,23,25). The molecule has 148 valence electrons. The minimum absolute atomic E-state index is 0.00142. The summed E-state index contributed by atoms with van der Waals surface area (Å²) in [5.74, 6) is 0.343. The average Bonchev–Trinajstić information content (AvgIpc) is 2.72. The van der Waals surface area contributed by atoms with Crippen molar-refractivity contribution in [3.8, 4) is 17.2 Å². The van der Waals surface area contributed by atoms with Gasteiger partial charge < -0.3 is 19.9 Å². The molecule has 0 bridgehead atoms. The summed E-state index contributed by atoms with van der Waals surface area (Å²) in [7, 11) is 1.50. The zero-order chi connectivity index (χ0) is 20.4. The Balaban J connectivity index is 1.81. The molecule has 0 aliphatic carbocycles. The van der Waals surface area contributed by atoms with Crippen LogP contribution in [0.1, 0.15) is 29.3 Å². The summed E-state index contributed by atoms with van der Waals surface area (Å²) in [5.41, 5.74) is 3.08. The third-order valence-corrected chi connectivity index (χ3v) is 3.63. The predicted molar refractivity (Wildman–Crippen MR) is 105 cm³/mol. The summed E-state index contributed by atoms with van der Waals surface area (Å²) in [5, 5.41) is 16.0. The van der Waals surface area contributed by atoms with Crippen molar-refractivity contribution in [2.75, 3.05) is 20.3 Å². The van der Waals surface area contributed by atoms with Gasteiger partial charge in [0.2, 0.25) is 0 Å². The van der Waals surface area contributed by atoms with Crippen LogP contribution in [0.15, 0.2) is 47.6 Å². The van der Waals surface area contributed by atoms with Crippen molar-refractivity contribution in [2.24, 2.45) is 5.10 Å². The van der Waals surface area contributed by atoms with E-state index < -0.39 is 5.91 Å². The topological polar surface area (TPSA) is 109 Å². The molecular weight excluding hydrogens is 362 g/mol. The van der Waals surface area contributed by atoms with E-state index in [1.54, 1.807) is 36.4 Å². The van der Waals surface area contributed by atoms with Crippen LogP contribution in [0.3, 0.4) is 0 Å². The van der Waals surface area contributed by atoms with Crippen LogP contribution < -0.4 is 20.2 Å². The molecule has 3 N–H and O–H groups in total. The largest absolute Gasteiger partial charge is 0.507 e. The molecule has 0 fully saturated rings. The maximum absolute atomic E-state index is 12.1. The Morgan fingerprint density at radius 3 is 2.54 bits per heavy atom. The maximum Gasteiger partial charge on any atom is 0.259 e. The van der Waals surface area contributed by atoms with Crippen LogP contribution in [0.2, 0.25) is 0 Å². The Hall–Kier alpha value is -3.55. The molecule has 2 amide bonds. The van der Waals surface area contributed by atoms with Gasteiger partial charge in [-0.1, -0.05) is 6.92 Å². The molecule has 2 rings (SSSR count). The van der Waals surface area contributed by atoms with Gasteiger partial charge >= 0.3 is 0 Å². The summed E-state index contributed by atoms with van der Waals surface area (Å²) >= 11 is 0. The van der Waals surface area contributed by atoms with Gasteiger partial charge in [0.05, 0.1) is 26.5 Å². The van der Waals surface area contributed by atoms with Crippen LogP contribution in [0.5, 0.6) is 17.2 Å².